The summed E-state index contributed by atoms with van der Waals surface area (Å²) in [6.07, 6.45) is 2.04. The van der Waals surface area contributed by atoms with E-state index in [4.69, 9.17) is 9.38 Å². The van der Waals surface area contributed by atoms with Gasteiger partial charge in [-0.2, -0.15) is 5.26 Å². The monoisotopic (exact) mass is 377 g/mol. The summed E-state index contributed by atoms with van der Waals surface area (Å²) in [5, 5.41) is 10.2. The van der Waals surface area contributed by atoms with Gasteiger partial charge in [0.05, 0.1) is 11.6 Å². The summed E-state index contributed by atoms with van der Waals surface area (Å²) in [6.45, 7) is 11.0. The van der Waals surface area contributed by atoms with E-state index >= 15 is 0 Å². The van der Waals surface area contributed by atoms with E-state index < -0.39 is 16.6 Å². The number of nitriles is 1. The zero-order valence-corrected chi connectivity index (χ0v) is 18.4. The second-order valence-electron chi connectivity index (χ2n) is 7.44. The Kier molecular flexibility index (Phi) is 6.61. The van der Waals surface area contributed by atoms with Crippen LogP contribution in [-0.4, -0.2) is 16.6 Å². The summed E-state index contributed by atoms with van der Waals surface area (Å²) in [4.78, 5) is 0. The molecule has 0 heterocycles. The molecular formula is C22H27NOSi2. The summed E-state index contributed by atoms with van der Waals surface area (Å²) in [6, 6.07) is 18.5. The lowest BCUT2D eigenvalue weighted by molar-refractivity contribution is 0.575. The Hall–Kier alpha value is -2.12. The zero-order valence-electron chi connectivity index (χ0n) is 16.4. The molecule has 0 aliphatic carbocycles. The minimum Gasteiger partial charge on any atom is -0.443 e. The summed E-state index contributed by atoms with van der Waals surface area (Å²) in [5.74, 6) is 3.28. The molecule has 0 aliphatic heterocycles. The van der Waals surface area contributed by atoms with Crippen molar-refractivity contribution in [1.29, 1.82) is 5.26 Å². The van der Waals surface area contributed by atoms with Gasteiger partial charge >= 0.3 is 0 Å². The van der Waals surface area contributed by atoms with Crippen LogP contribution in [0, 0.1) is 22.8 Å². The first-order chi connectivity index (χ1) is 12.3. The van der Waals surface area contributed by atoms with Crippen LogP contribution in [0.1, 0.15) is 25.3 Å². The first-order valence-corrected chi connectivity index (χ1v) is 14.9. The minimum atomic E-state index is -2.00. The molecule has 2 rings (SSSR count). The highest BCUT2D eigenvalue weighted by Crippen LogP contribution is 2.20. The Labute approximate surface area is 160 Å². The molecule has 0 bridgehead atoms. The quantitative estimate of drug-likeness (QED) is 0.530. The number of hydrogen-bond acceptors (Lipinski definition) is 2. The third-order valence-corrected chi connectivity index (χ3v) is 10.8. The van der Waals surface area contributed by atoms with Gasteiger partial charge in [0.2, 0.25) is 8.32 Å². The van der Waals surface area contributed by atoms with Crippen LogP contribution in [0.5, 0.6) is 0 Å². The van der Waals surface area contributed by atoms with Gasteiger partial charge in [-0.05, 0) is 61.1 Å². The smallest absolute Gasteiger partial charge is 0.256 e. The fraction of sp³-hybridized carbons (Fsp3) is 0.318. The van der Waals surface area contributed by atoms with Crippen molar-refractivity contribution in [2.24, 2.45) is 0 Å². The van der Waals surface area contributed by atoms with Gasteiger partial charge in [0, 0.05) is 6.42 Å². The van der Waals surface area contributed by atoms with Gasteiger partial charge in [0.15, 0.2) is 0 Å². The van der Waals surface area contributed by atoms with Crippen LogP contribution in [0.4, 0.5) is 0 Å². The van der Waals surface area contributed by atoms with Crippen molar-refractivity contribution in [3.05, 3.63) is 54.1 Å². The molecule has 0 unspecified atom stereocenters. The van der Waals surface area contributed by atoms with Crippen molar-refractivity contribution in [3.8, 4) is 28.7 Å². The topological polar surface area (TPSA) is 33.0 Å². The highest BCUT2D eigenvalue weighted by Gasteiger charge is 2.33. The number of rotatable bonds is 5. The summed E-state index contributed by atoms with van der Waals surface area (Å²) >= 11 is 0. The largest absolute Gasteiger partial charge is 0.443 e. The molecule has 0 atom stereocenters. The molecule has 0 spiro atoms. The average Bonchev–Trinajstić information content (AvgIpc) is 2.61. The second-order valence-corrected chi connectivity index (χ2v) is 15.1. The molecule has 2 nitrogen and oxygen atoms in total. The normalized spacial score (nSPS) is 11.4. The van der Waals surface area contributed by atoms with Gasteiger partial charge in [-0.1, -0.05) is 48.9 Å². The molecular weight excluding hydrogens is 350 g/mol. The Morgan fingerprint density at radius 2 is 1.42 bits per heavy atom. The van der Waals surface area contributed by atoms with Crippen LogP contribution in [0.25, 0.3) is 11.1 Å². The first kappa shape index (κ1) is 20.2. The highest BCUT2D eigenvalue weighted by atomic mass is 28.4. The van der Waals surface area contributed by atoms with Gasteiger partial charge in [0.25, 0.3) is 8.32 Å². The van der Waals surface area contributed by atoms with E-state index in [0.29, 0.717) is 5.56 Å². The molecule has 0 N–H and O–H groups in total. The van der Waals surface area contributed by atoms with Gasteiger partial charge in [-0.3, -0.25) is 0 Å². The third kappa shape index (κ3) is 5.44. The summed E-state index contributed by atoms with van der Waals surface area (Å²) in [5.41, 5.74) is 6.37. The molecule has 0 amide bonds. The fourth-order valence-corrected chi connectivity index (χ4v) is 10.2. The van der Waals surface area contributed by atoms with Crippen LogP contribution in [0.3, 0.4) is 0 Å². The van der Waals surface area contributed by atoms with Crippen molar-refractivity contribution in [3.63, 3.8) is 0 Å². The first-order valence-electron chi connectivity index (χ1n) is 9.09. The highest BCUT2D eigenvalue weighted by molar-refractivity contribution is 6.94. The fourth-order valence-electron chi connectivity index (χ4n) is 2.92. The second kappa shape index (κ2) is 8.51. The molecule has 0 saturated carbocycles. The lowest BCUT2D eigenvalue weighted by Gasteiger charge is -2.31. The summed E-state index contributed by atoms with van der Waals surface area (Å²) < 4.78 is 6.60. The molecule has 0 saturated heterocycles. The van der Waals surface area contributed by atoms with Gasteiger partial charge in [-0.25, -0.2) is 0 Å². The van der Waals surface area contributed by atoms with E-state index in [1.54, 1.807) is 0 Å². The van der Waals surface area contributed by atoms with E-state index in [1.165, 1.54) is 5.19 Å². The van der Waals surface area contributed by atoms with Crippen LogP contribution < -0.4 is 5.19 Å². The number of hydrogen-bond donors (Lipinski definition) is 0. The Morgan fingerprint density at radius 3 is 1.92 bits per heavy atom. The van der Waals surface area contributed by atoms with Crippen molar-refractivity contribution in [2.75, 3.05) is 0 Å². The molecule has 2 aromatic carbocycles. The lowest BCUT2D eigenvalue weighted by Crippen LogP contribution is -2.52. The van der Waals surface area contributed by atoms with Gasteiger partial charge < -0.3 is 4.12 Å². The maximum absolute atomic E-state index is 8.92. The maximum Gasteiger partial charge on any atom is 0.256 e. The lowest BCUT2D eigenvalue weighted by atomic mass is 10.0. The van der Waals surface area contributed by atoms with E-state index in [1.807, 2.05) is 24.3 Å². The molecule has 0 aromatic heterocycles. The van der Waals surface area contributed by atoms with Crippen molar-refractivity contribution >= 4 is 21.8 Å². The number of benzene rings is 2. The van der Waals surface area contributed by atoms with Crippen LogP contribution in [0.2, 0.25) is 26.2 Å². The molecule has 26 heavy (non-hydrogen) atoms. The molecule has 134 valence electrons. The van der Waals surface area contributed by atoms with Crippen LogP contribution in [-0.2, 0) is 4.12 Å². The molecule has 0 fully saturated rings. The molecule has 4 heteroatoms. The summed E-state index contributed by atoms with van der Waals surface area (Å²) in [7, 11) is -3.97. The maximum atomic E-state index is 8.92. The van der Waals surface area contributed by atoms with Crippen molar-refractivity contribution in [1.82, 2.24) is 0 Å². The molecule has 0 radical (unpaired) electrons. The standard InChI is InChI=1S/C22H27NOSi2/c1-6-7-8-17-25(2,3)24-26(4,5)22-15-13-21(14-16-22)20-11-9-19(18-23)10-12-20/h9-16H,6-7H2,1-5H3. The van der Waals surface area contributed by atoms with Crippen molar-refractivity contribution in [2.45, 2.75) is 46.0 Å². The Morgan fingerprint density at radius 1 is 0.885 bits per heavy atom. The minimum absolute atomic E-state index is 0.684. The van der Waals surface area contributed by atoms with Crippen LogP contribution >= 0.6 is 0 Å². The van der Waals surface area contributed by atoms with E-state index in [2.05, 4.69) is 74.9 Å². The predicted octanol–water partition coefficient (Wildman–Crippen LogP) is 5.20. The molecule has 0 aliphatic rings. The Bertz CT molecular complexity index is 835. The zero-order chi connectivity index (χ0) is 19.2. The van der Waals surface area contributed by atoms with Crippen molar-refractivity contribution < 1.29 is 4.12 Å². The number of nitrogens with zero attached hydrogens (tertiary/aromatic N) is 1. The third-order valence-electron chi connectivity index (χ3n) is 4.20. The van der Waals surface area contributed by atoms with E-state index in [-0.39, 0.29) is 0 Å². The van der Waals surface area contributed by atoms with Crippen LogP contribution in [0.15, 0.2) is 48.5 Å². The predicted molar refractivity (Wildman–Crippen MR) is 115 cm³/mol. The average molecular weight is 378 g/mol. The van der Waals surface area contributed by atoms with E-state index in [0.717, 1.165) is 24.0 Å². The Balaban J connectivity index is 2.18. The molecule has 2 aromatic rings. The van der Waals surface area contributed by atoms with Gasteiger partial charge in [-0.15, -0.1) is 5.92 Å². The number of unbranched alkanes of at least 4 members (excludes halogenated alkanes) is 1. The van der Waals surface area contributed by atoms with Gasteiger partial charge in [0.1, 0.15) is 0 Å². The SMILES string of the molecule is CCCC#C[Si](C)(C)O[Si](C)(C)c1ccc(-c2ccc(C#N)cc2)cc1. The van der Waals surface area contributed by atoms with E-state index in [9.17, 15) is 0 Å².